The molecule has 1 atom stereocenters. The summed E-state index contributed by atoms with van der Waals surface area (Å²) in [6.45, 7) is 9.98. The van der Waals surface area contributed by atoms with Crippen molar-refractivity contribution in [3.05, 3.63) is 30.3 Å². The molecule has 2 aliphatic heterocycles. The van der Waals surface area contributed by atoms with E-state index in [1.165, 1.54) is 10.6 Å². The summed E-state index contributed by atoms with van der Waals surface area (Å²) in [5, 5.41) is 2.91. The Kier molecular flexibility index (Phi) is 5.51. The molecule has 0 unspecified atom stereocenters. The summed E-state index contributed by atoms with van der Waals surface area (Å²) in [6, 6.07) is 10.1. The fourth-order valence-electron chi connectivity index (χ4n) is 3.61. The van der Waals surface area contributed by atoms with Crippen LogP contribution in [0.1, 0.15) is 33.6 Å². The molecule has 3 amide bonds. The van der Waals surface area contributed by atoms with Gasteiger partial charge in [-0.1, -0.05) is 32.0 Å². The molecule has 1 aromatic carbocycles. The first-order valence-electron chi connectivity index (χ1n) is 9.55. The van der Waals surface area contributed by atoms with Crippen LogP contribution in [0.25, 0.3) is 0 Å². The van der Waals surface area contributed by atoms with Crippen LogP contribution in [0.3, 0.4) is 0 Å². The zero-order valence-electron chi connectivity index (χ0n) is 16.1. The highest BCUT2D eigenvalue weighted by atomic mass is 16.2. The lowest BCUT2D eigenvalue weighted by Gasteiger charge is -2.37. The molecule has 2 heterocycles. The quantitative estimate of drug-likeness (QED) is 0.794. The van der Waals surface area contributed by atoms with E-state index in [9.17, 15) is 9.59 Å². The first-order valence-corrected chi connectivity index (χ1v) is 9.55. The topological polar surface area (TPSA) is 55.9 Å². The largest absolute Gasteiger partial charge is 0.369 e. The molecule has 0 radical (unpaired) electrons. The van der Waals surface area contributed by atoms with E-state index in [4.69, 9.17) is 0 Å². The summed E-state index contributed by atoms with van der Waals surface area (Å²) in [5.41, 5.74) is 0.469. The van der Waals surface area contributed by atoms with E-state index in [1.807, 2.05) is 25.1 Å². The first-order chi connectivity index (χ1) is 12.4. The zero-order valence-corrected chi connectivity index (χ0v) is 16.1. The van der Waals surface area contributed by atoms with Crippen molar-refractivity contribution in [1.29, 1.82) is 0 Å². The molecule has 2 fully saturated rings. The number of rotatable bonds is 6. The van der Waals surface area contributed by atoms with Crippen LogP contribution in [0.5, 0.6) is 0 Å². The lowest BCUT2D eigenvalue weighted by Crippen LogP contribution is -2.52. The minimum atomic E-state index is -0.757. The van der Waals surface area contributed by atoms with E-state index in [0.717, 1.165) is 32.6 Å². The number of benzene rings is 1. The molecule has 0 saturated carbocycles. The van der Waals surface area contributed by atoms with Gasteiger partial charge in [0.1, 0.15) is 5.54 Å². The molecule has 2 aliphatic rings. The van der Waals surface area contributed by atoms with Crippen molar-refractivity contribution in [3.8, 4) is 0 Å². The van der Waals surface area contributed by atoms with Crippen molar-refractivity contribution in [2.24, 2.45) is 5.92 Å². The second kappa shape index (κ2) is 7.66. The summed E-state index contributed by atoms with van der Waals surface area (Å²) >= 11 is 0. The lowest BCUT2D eigenvalue weighted by molar-refractivity contribution is -0.132. The van der Waals surface area contributed by atoms with Gasteiger partial charge in [0.15, 0.2) is 0 Å². The van der Waals surface area contributed by atoms with Gasteiger partial charge in [0, 0.05) is 31.9 Å². The van der Waals surface area contributed by atoms with Crippen LogP contribution < -0.4 is 10.2 Å². The Labute approximate surface area is 156 Å². The molecule has 0 bridgehead atoms. The van der Waals surface area contributed by atoms with Gasteiger partial charge in [-0.15, -0.1) is 0 Å². The van der Waals surface area contributed by atoms with Crippen molar-refractivity contribution in [3.63, 3.8) is 0 Å². The fraction of sp³-hybridized carbons (Fsp3) is 0.600. The number of imide groups is 1. The highest BCUT2D eigenvalue weighted by Crippen LogP contribution is 2.25. The predicted octanol–water partition coefficient (Wildman–Crippen LogP) is 2.51. The second-order valence-corrected chi connectivity index (χ2v) is 8.01. The van der Waals surface area contributed by atoms with E-state index in [2.05, 4.69) is 41.1 Å². The lowest BCUT2D eigenvalue weighted by atomic mass is 9.92. The standard InChI is InChI=1S/C20H30N4O2/c1-16(2)9-10-20(3)18(25)24(19(26)21-20)15-22-11-13-23(14-12-22)17-7-5-4-6-8-17/h4-8,16H,9-15H2,1-3H3,(H,21,26)/t20-/m1/s1. The normalized spacial score (nSPS) is 24.5. The van der Waals surface area contributed by atoms with Crippen molar-refractivity contribution in [2.45, 2.75) is 39.2 Å². The average molecular weight is 358 g/mol. The Hall–Kier alpha value is -2.08. The van der Waals surface area contributed by atoms with Gasteiger partial charge in [0.25, 0.3) is 5.91 Å². The summed E-state index contributed by atoms with van der Waals surface area (Å²) in [4.78, 5) is 31.1. The highest BCUT2D eigenvalue weighted by Gasteiger charge is 2.47. The number of carbonyl (C=O) groups excluding carboxylic acids is 2. The second-order valence-electron chi connectivity index (χ2n) is 8.01. The molecule has 142 valence electrons. The maximum Gasteiger partial charge on any atom is 0.326 e. The van der Waals surface area contributed by atoms with Crippen LogP contribution in [-0.4, -0.2) is 60.1 Å². The Morgan fingerprint density at radius 3 is 2.35 bits per heavy atom. The van der Waals surface area contributed by atoms with Gasteiger partial charge in [-0.3, -0.25) is 9.69 Å². The molecule has 2 saturated heterocycles. The number of amides is 3. The van der Waals surface area contributed by atoms with Gasteiger partial charge < -0.3 is 10.2 Å². The Bertz CT molecular complexity index is 640. The third-order valence-corrected chi connectivity index (χ3v) is 5.40. The van der Waals surface area contributed by atoms with Crippen LogP contribution in [0.4, 0.5) is 10.5 Å². The summed E-state index contributed by atoms with van der Waals surface area (Å²) in [7, 11) is 0. The predicted molar refractivity (Wildman–Crippen MR) is 103 cm³/mol. The van der Waals surface area contributed by atoms with Gasteiger partial charge >= 0.3 is 6.03 Å². The van der Waals surface area contributed by atoms with Crippen molar-refractivity contribution in [2.75, 3.05) is 37.7 Å². The van der Waals surface area contributed by atoms with Crippen molar-refractivity contribution >= 4 is 17.6 Å². The molecular weight excluding hydrogens is 328 g/mol. The van der Waals surface area contributed by atoms with Crippen molar-refractivity contribution < 1.29 is 9.59 Å². The molecule has 1 aromatic rings. The monoisotopic (exact) mass is 358 g/mol. The van der Waals surface area contributed by atoms with Gasteiger partial charge in [-0.25, -0.2) is 9.69 Å². The van der Waals surface area contributed by atoms with Gasteiger partial charge in [0.05, 0.1) is 6.67 Å². The minimum absolute atomic E-state index is 0.0892. The summed E-state index contributed by atoms with van der Waals surface area (Å²) in [6.07, 6.45) is 1.61. The number of anilines is 1. The third kappa shape index (κ3) is 4.01. The fourth-order valence-corrected chi connectivity index (χ4v) is 3.61. The number of hydrogen-bond donors (Lipinski definition) is 1. The van der Waals surface area contributed by atoms with Gasteiger partial charge in [-0.2, -0.15) is 0 Å². The van der Waals surface area contributed by atoms with E-state index in [-0.39, 0.29) is 11.9 Å². The number of nitrogens with one attached hydrogen (secondary N) is 1. The number of piperazine rings is 1. The maximum atomic E-state index is 12.8. The first kappa shape index (κ1) is 18.7. The molecule has 6 heteroatoms. The van der Waals surface area contributed by atoms with Gasteiger partial charge in [0.2, 0.25) is 0 Å². The molecule has 3 rings (SSSR count). The molecule has 26 heavy (non-hydrogen) atoms. The average Bonchev–Trinajstić information content (AvgIpc) is 2.85. The summed E-state index contributed by atoms with van der Waals surface area (Å²) in [5.74, 6) is 0.422. The van der Waals surface area contributed by atoms with E-state index < -0.39 is 5.54 Å². The molecule has 0 spiro atoms. The minimum Gasteiger partial charge on any atom is -0.369 e. The van der Waals surface area contributed by atoms with E-state index in [1.54, 1.807) is 0 Å². The molecule has 6 nitrogen and oxygen atoms in total. The zero-order chi connectivity index (χ0) is 18.7. The van der Waals surface area contributed by atoms with Crippen LogP contribution in [0, 0.1) is 5.92 Å². The number of para-hydroxylation sites is 1. The van der Waals surface area contributed by atoms with E-state index >= 15 is 0 Å². The van der Waals surface area contributed by atoms with Gasteiger partial charge in [-0.05, 0) is 37.8 Å². The van der Waals surface area contributed by atoms with Crippen molar-refractivity contribution in [1.82, 2.24) is 15.1 Å². The molecule has 0 aliphatic carbocycles. The molecule has 1 N–H and O–H groups in total. The highest BCUT2D eigenvalue weighted by molar-refractivity contribution is 6.06. The van der Waals surface area contributed by atoms with Crippen LogP contribution >= 0.6 is 0 Å². The smallest absolute Gasteiger partial charge is 0.326 e. The Morgan fingerprint density at radius 1 is 1.08 bits per heavy atom. The number of urea groups is 1. The SMILES string of the molecule is CC(C)CC[C@@]1(C)NC(=O)N(CN2CCN(c3ccccc3)CC2)C1=O. The molecule has 0 aromatic heterocycles. The van der Waals surface area contributed by atoms with Crippen LogP contribution in [0.2, 0.25) is 0 Å². The van der Waals surface area contributed by atoms with Crippen LogP contribution in [0.15, 0.2) is 30.3 Å². The van der Waals surface area contributed by atoms with E-state index in [0.29, 0.717) is 19.0 Å². The summed E-state index contributed by atoms with van der Waals surface area (Å²) < 4.78 is 0. The Morgan fingerprint density at radius 2 is 1.73 bits per heavy atom. The third-order valence-electron chi connectivity index (χ3n) is 5.40. The Balaban J connectivity index is 1.55. The number of carbonyl (C=O) groups is 2. The number of hydrogen-bond acceptors (Lipinski definition) is 4. The maximum absolute atomic E-state index is 12.8. The number of nitrogens with zero attached hydrogens (tertiary/aromatic N) is 3. The van der Waals surface area contributed by atoms with Crippen LogP contribution in [-0.2, 0) is 4.79 Å². The molecular formula is C20H30N4O2.